The molecule has 2 aliphatic rings. The van der Waals surface area contributed by atoms with Crippen molar-refractivity contribution in [2.45, 2.75) is 33.1 Å². The highest BCUT2D eigenvalue weighted by atomic mass is 35.5. The molecule has 72 valence electrons. The van der Waals surface area contributed by atoms with Crippen molar-refractivity contribution >= 4 is 0 Å². The van der Waals surface area contributed by atoms with E-state index in [0.29, 0.717) is 5.41 Å². The molecule has 2 aliphatic carbocycles. The van der Waals surface area contributed by atoms with Crippen molar-refractivity contribution < 1.29 is 18.1 Å². The van der Waals surface area contributed by atoms with Gasteiger partial charge in [0.05, 0.1) is 6.54 Å². The van der Waals surface area contributed by atoms with Gasteiger partial charge in [-0.2, -0.15) is 0 Å². The second-order valence-corrected chi connectivity index (χ2v) is 4.99. The fourth-order valence-electron chi connectivity index (χ4n) is 3.54. The minimum absolute atomic E-state index is 0. The van der Waals surface area contributed by atoms with Crippen molar-refractivity contribution in [1.29, 1.82) is 0 Å². The summed E-state index contributed by atoms with van der Waals surface area (Å²) in [5.41, 5.74) is 4.71. The van der Waals surface area contributed by atoms with Gasteiger partial charge in [0, 0.05) is 5.92 Å². The lowest BCUT2D eigenvalue weighted by Crippen LogP contribution is -3.00. The van der Waals surface area contributed by atoms with Crippen LogP contribution in [0.4, 0.5) is 0 Å². The maximum Gasteiger partial charge on any atom is 0.0771 e. The van der Waals surface area contributed by atoms with Crippen LogP contribution in [0.25, 0.3) is 0 Å². The van der Waals surface area contributed by atoms with Crippen LogP contribution in [0, 0.1) is 23.2 Å². The van der Waals surface area contributed by atoms with Gasteiger partial charge in [-0.05, 0) is 36.5 Å². The summed E-state index contributed by atoms with van der Waals surface area (Å²) in [7, 11) is 0. The van der Waals surface area contributed by atoms with E-state index in [0.717, 1.165) is 17.8 Å². The van der Waals surface area contributed by atoms with Gasteiger partial charge in [-0.15, -0.1) is 0 Å². The molecule has 3 atom stereocenters. The first kappa shape index (κ1) is 10.3. The lowest BCUT2D eigenvalue weighted by Gasteiger charge is -2.25. The minimum Gasteiger partial charge on any atom is -1.00 e. The third kappa shape index (κ3) is 1.18. The largest absolute Gasteiger partial charge is 1.00 e. The summed E-state index contributed by atoms with van der Waals surface area (Å²) in [6.07, 6.45) is 4.45. The second kappa shape index (κ2) is 3.19. The predicted molar refractivity (Wildman–Crippen MR) is 45.9 cm³/mol. The number of quaternary nitrogens is 1. The summed E-state index contributed by atoms with van der Waals surface area (Å²) in [6, 6.07) is 0. The zero-order valence-corrected chi connectivity index (χ0v) is 8.90. The third-order valence-corrected chi connectivity index (χ3v) is 4.36. The molecule has 0 spiro atoms. The van der Waals surface area contributed by atoms with Crippen molar-refractivity contribution in [3.8, 4) is 0 Å². The van der Waals surface area contributed by atoms with E-state index < -0.39 is 0 Å². The Kier molecular flexibility index (Phi) is 2.75. The summed E-state index contributed by atoms with van der Waals surface area (Å²) in [6.45, 7) is 6.10. The summed E-state index contributed by atoms with van der Waals surface area (Å²) in [4.78, 5) is 0. The van der Waals surface area contributed by atoms with Gasteiger partial charge in [0.25, 0.3) is 0 Å². The molecular formula is C10H20ClN. The minimum atomic E-state index is 0. The molecule has 1 unspecified atom stereocenters. The Hall–Kier alpha value is 0.250. The molecule has 0 heterocycles. The van der Waals surface area contributed by atoms with Crippen molar-refractivity contribution in [3.05, 3.63) is 0 Å². The van der Waals surface area contributed by atoms with Gasteiger partial charge in [-0.1, -0.05) is 13.8 Å². The van der Waals surface area contributed by atoms with E-state index in [1.807, 2.05) is 0 Å². The number of halogens is 1. The first-order valence-corrected chi connectivity index (χ1v) is 4.95. The average Bonchev–Trinajstić information content (AvgIpc) is 2.40. The van der Waals surface area contributed by atoms with Crippen LogP contribution in [0.15, 0.2) is 0 Å². The Morgan fingerprint density at radius 1 is 1.33 bits per heavy atom. The van der Waals surface area contributed by atoms with E-state index in [9.17, 15) is 0 Å². The molecule has 0 aliphatic heterocycles. The molecule has 0 amide bonds. The summed E-state index contributed by atoms with van der Waals surface area (Å²) < 4.78 is 0. The van der Waals surface area contributed by atoms with Crippen molar-refractivity contribution in [1.82, 2.24) is 0 Å². The third-order valence-electron chi connectivity index (χ3n) is 4.36. The monoisotopic (exact) mass is 189 g/mol. The van der Waals surface area contributed by atoms with Crippen molar-refractivity contribution in [2.24, 2.45) is 23.2 Å². The van der Waals surface area contributed by atoms with Gasteiger partial charge < -0.3 is 18.1 Å². The van der Waals surface area contributed by atoms with Crippen LogP contribution >= 0.6 is 0 Å². The van der Waals surface area contributed by atoms with Gasteiger partial charge in [0.15, 0.2) is 0 Å². The van der Waals surface area contributed by atoms with Crippen LogP contribution < -0.4 is 18.1 Å². The smallest absolute Gasteiger partial charge is 0.0771 e. The van der Waals surface area contributed by atoms with E-state index in [-0.39, 0.29) is 12.4 Å². The SMILES string of the molecule is CC1(C)[C@@H]2CC[C@H]1C(C[NH3+])C2.[Cl-]. The van der Waals surface area contributed by atoms with E-state index in [1.165, 1.54) is 25.8 Å². The predicted octanol–water partition coefficient (Wildman–Crippen LogP) is -1.70. The molecule has 2 saturated carbocycles. The maximum atomic E-state index is 4.05. The zero-order chi connectivity index (χ0) is 8.06. The Morgan fingerprint density at radius 3 is 2.25 bits per heavy atom. The molecule has 0 saturated heterocycles. The summed E-state index contributed by atoms with van der Waals surface area (Å²) in [5.74, 6) is 2.99. The molecule has 0 aromatic heterocycles. The van der Waals surface area contributed by atoms with Crippen molar-refractivity contribution in [2.75, 3.05) is 6.54 Å². The fourth-order valence-corrected chi connectivity index (χ4v) is 3.54. The van der Waals surface area contributed by atoms with Crippen LogP contribution in [-0.2, 0) is 0 Å². The summed E-state index contributed by atoms with van der Waals surface area (Å²) in [5, 5.41) is 0. The zero-order valence-electron chi connectivity index (χ0n) is 8.15. The van der Waals surface area contributed by atoms with Gasteiger partial charge in [-0.25, -0.2) is 0 Å². The van der Waals surface area contributed by atoms with E-state index in [1.54, 1.807) is 0 Å². The van der Waals surface area contributed by atoms with Crippen LogP contribution in [0.3, 0.4) is 0 Å². The Labute approximate surface area is 81.5 Å². The maximum absolute atomic E-state index is 4.05. The van der Waals surface area contributed by atoms with Gasteiger partial charge in [-0.3, -0.25) is 0 Å². The Bertz CT molecular complexity index is 167. The molecule has 1 nitrogen and oxygen atoms in total. The average molecular weight is 190 g/mol. The molecular weight excluding hydrogens is 170 g/mol. The first-order chi connectivity index (χ1) is 5.16. The van der Waals surface area contributed by atoms with Gasteiger partial charge in [0.1, 0.15) is 0 Å². The van der Waals surface area contributed by atoms with Crippen LogP contribution in [-0.4, -0.2) is 6.54 Å². The standard InChI is InChI=1S/C10H19N.ClH/c1-10(2)8-3-4-9(10)7(5-8)6-11;/h7-9H,3-6,11H2,1-2H3;1H/t7?,8-,9+;/m1./s1. The molecule has 2 fully saturated rings. The molecule has 0 radical (unpaired) electrons. The normalized spacial score (nSPS) is 42.8. The first-order valence-electron chi connectivity index (χ1n) is 4.95. The summed E-state index contributed by atoms with van der Waals surface area (Å²) >= 11 is 0. The molecule has 2 bridgehead atoms. The number of hydrogen-bond donors (Lipinski definition) is 1. The topological polar surface area (TPSA) is 27.6 Å². The number of hydrogen-bond acceptors (Lipinski definition) is 0. The fraction of sp³-hybridized carbons (Fsp3) is 1.00. The van der Waals surface area contributed by atoms with Crippen LogP contribution in [0.2, 0.25) is 0 Å². The van der Waals surface area contributed by atoms with Gasteiger partial charge >= 0.3 is 0 Å². The highest BCUT2D eigenvalue weighted by molar-refractivity contribution is 5.01. The highest BCUT2D eigenvalue weighted by Gasteiger charge is 2.53. The molecule has 12 heavy (non-hydrogen) atoms. The van der Waals surface area contributed by atoms with E-state index in [4.69, 9.17) is 0 Å². The lowest BCUT2D eigenvalue weighted by atomic mass is 9.80. The van der Waals surface area contributed by atoms with E-state index >= 15 is 0 Å². The van der Waals surface area contributed by atoms with Crippen LogP contribution in [0.1, 0.15) is 33.1 Å². The van der Waals surface area contributed by atoms with Crippen LogP contribution in [0.5, 0.6) is 0 Å². The lowest BCUT2D eigenvalue weighted by molar-refractivity contribution is -0.382. The second-order valence-electron chi connectivity index (χ2n) is 4.99. The number of fused-ring (bicyclic) bond motifs is 2. The molecule has 2 heteroatoms. The molecule has 2 rings (SSSR count). The molecule has 0 aromatic carbocycles. The Morgan fingerprint density at radius 2 is 2.00 bits per heavy atom. The Balaban J connectivity index is 0.000000720. The van der Waals surface area contributed by atoms with Crippen molar-refractivity contribution in [3.63, 3.8) is 0 Å². The number of rotatable bonds is 1. The molecule has 3 N–H and O–H groups in total. The quantitative estimate of drug-likeness (QED) is 0.510. The molecule has 0 aromatic rings. The van der Waals surface area contributed by atoms with Gasteiger partial charge in [0.2, 0.25) is 0 Å². The highest BCUT2D eigenvalue weighted by Crippen LogP contribution is 2.59. The van der Waals surface area contributed by atoms with E-state index in [2.05, 4.69) is 19.6 Å².